The van der Waals surface area contributed by atoms with Gasteiger partial charge in [0, 0.05) is 31.6 Å². The van der Waals surface area contributed by atoms with Gasteiger partial charge in [0.2, 0.25) is 5.91 Å². The van der Waals surface area contributed by atoms with Gasteiger partial charge in [-0.15, -0.1) is 0 Å². The summed E-state index contributed by atoms with van der Waals surface area (Å²) in [6, 6.07) is 0.488. The fourth-order valence-electron chi connectivity index (χ4n) is 2.98. The molecule has 0 bridgehead atoms. The predicted octanol–water partition coefficient (Wildman–Crippen LogP) is 1.58. The fraction of sp³-hybridized carbons (Fsp3) is 0.857. The van der Waals surface area contributed by atoms with Gasteiger partial charge in [-0.2, -0.15) is 0 Å². The molecule has 2 rings (SSSR count). The lowest BCUT2D eigenvalue weighted by molar-refractivity contribution is -0.129. The number of rotatable bonds is 2. The molecule has 0 aromatic rings. The van der Waals surface area contributed by atoms with E-state index >= 15 is 0 Å². The van der Waals surface area contributed by atoms with Gasteiger partial charge in [-0.3, -0.25) is 4.79 Å². The van der Waals surface area contributed by atoms with Crippen LogP contribution in [0, 0.1) is 0 Å². The molecule has 2 fully saturated rings. The summed E-state index contributed by atoms with van der Waals surface area (Å²) in [4.78, 5) is 27.8. The topological polar surface area (TPSA) is 52.7 Å². The van der Waals surface area contributed by atoms with E-state index < -0.39 is 0 Å². The predicted molar refractivity (Wildman–Crippen MR) is 73.8 cm³/mol. The Kier molecular flexibility index (Phi) is 4.32. The standard InChI is InChI=1S/C14H25N3O2/c1-10(2)17-9-12(8-13(17)18)15-14(19)16-7-5-4-6-11(16)3/h10-12H,4-9H2,1-3H3,(H,15,19). The number of nitrogens with one attached hydrogen (secondary N) is 1. The van der Waals surface area contributed by atoms with Crippen LogP contribution in [0.4, 0.5) is 4.79 Å². The SMILES string of the molecule is CC(C)N1CC(NC(=O)N2CCCCC2C)CC1=O. The van der Waals surface area contributed by atoms with Gasteiger partial charge < -0.3 is 15.1 Å². The Balaban J connectivity index is 1.88. The van der Waals surface area contributed by atoms with Crippen LogP contribution in [0.2, 0.25) is 0 Å². The molecule has 2 atom stereocenters. The highest BCUT2D eigenvalue weighted by molar-refractivity contribution is 5.82. The van der Waals surface area contributed by atoms with Gasteiger partial charge in [0.1, 0.15) is 0 Å². The first-order chi connectivity index (χ1) is 8.99. The molecule has 2 heterocycles. The number of hydrogen-bond donors (Lipinski definition) is 1. The number of nitrogens with zero attached hydrogens (tertiary/aromatic N) is 2. The van der Waals surface area contributed by atoms with Crippen LogP contribution in [0.15, 0.2) is 0 Å². The van der Waals surface area contributed by atoms with Gasteiger partial charge in [0.25, 0.3) is 0 Å². The van der Waals surface area contributed by atoms with Crippen molar-refractivity contribution in [2.75, 3.05) is 13.1 Å². The molecule has 0 radical (unpaired) electrons. The molecule has 0 aromatic heterocycles. The highest BCUT2D eigenvalue weighted by atomic mass is 16.2. The van der Waals surface area contributed by atoms with E-state index in [4.69, 9.17) is 0 Å². The first kappa shape index (κ1) is 14.2. The first-order valence-corrected chi connectivity index (χ1v) is 7.35. The average molecular weight is 267 g/mol. The summed E-state index contributed by atoms with van der Waals surface area (Å²) in [5, 5.41) is 3.02. The minimum atomic E-state index is -0.0310. The third-order valence-electron chi connectivity index (χ3n) is 4.17. The number of amides is 3. The maximum Gasteiger partial charge on any atom is 0.317 e. The van der Waals surface area contributed by atoms with E-state index in [-0.39, 0.29) is 24.0 Å². The summed E-state index contributed by atoms with van der Waals surface area (Å²) in [5.74, 6) is 0.145. The maximum atomic E-state index is 12.2. The summed E-state index contributed by atoms with van der Waals surface area (Å²) >= 11 is 0. The molecule has 108 valence electrons. The van der Waals surface area contributed by atoms with Crippen LogP contribution in [-0.2, 0) is 4.79 Å². The van der Waals surface area contributed by atoms with Crippen molar-refractivity contribution in [1.29, 1.82) is 0 Å². The molecule has 3 amide bonds. The molecular weight excluding hydrogens is 242 g/mol. The largest absolute Gasteiger partial charge is 0.338 e. The van der Waals surface area contributed by atoms with Crippen molar-refractivity contribution >= 4 is 11.9 Å². The van der Waals surface area contributed by atoms with E-state index in [1.54, 1.807) is 0 Å². The van der Waals surface area contributed by atoms with E-state index in [1.165, 1.54) is 6.42 Å². The number of hydrogen-bond acceptors (Lipinski definition) is 2. The van der Waals surface area contributed by atoms with Crippen molar-refractivity contribution in [3.8, 4) is 0 Å². The van der Waals surface area contributed by atoms with Crippen molar-refractivity contribution < 1.29 is 9.59 Å². The van der Waals surface area contributed by atoms with Crippen molar-refractivity contribution in [3.63, 3.8) is 0 Å². The summed E-state index contributed by atoms with van der Waals surface area (Å²) in [6.07, 6.45) is 3.80. The Morgan fingerprint density at radius 1 is 1.37 bits per heavy atom. The molecule has 0 spiro atoms. The second-order valence-electron chi connectivity index (χ2n) is 6.03. The molecule has 2 saturated heterocycles. The van der Waals surface area contributed by atoms with Crippen molar-refractivity contribution in [1.82, 2.24) is 15.1 Å². The van der Waals surface area contributed by atoms with Crippen molar-refractivity contribution in [3.05, 3.63) is 0 Å². The normalized spacial score (nSPS) is 28.1. The number of piperidine rings is 1. The Labute approximate surface area is 115 Å². The molecule has 2 unspecified atom stereocenters. The summed E-state index contributed by atoms with van der Waals surface area (Å²) in [7, 11) is 0. The van der Waals surface area contributed by atoms with Gasteiger partial charge in [-0.1, -0.05) is 0 Å². The van der Waals surface area contributed by atoms with Gasteiger partial charge in [-0.05, 0) is 40.0 Å². The number of carbonyl (C=O) groups excluding carboxylic acids is 2. The number of urea groups is 1. The summed E-state index contributed by atoms with van der Waals surface area (Å²) < 4.78 is 0. The molecule has 1 N–H and O–H groups in total. The average Bonchev–Trinajstić information content (AvgIpc) is 2.70. The molecule has 2 aliphatic rings. The molecule has 5 nitrogen and oxygen atoms in total. The molecule has 0 saturated carbocycles. The summed E-state index contributed by atoms with van der Waals surface area (Å²) in [6.45, 7) is 7.59. The maximum absolute atomic E-state index is 12.2. The molecule has 19 heavy (non-hydrogen) atoms. The number of likely N-dealkylation sites (tertiary alicyclic amines) is 2. The number of carbonyl (C=O) groups is 2. The summed E-state index contributed by atoms with van der Waals surface area (Å²) in [5.41, 5.74) is 0. The van der Waals surface area contributed by atoms with Gasteiger partial charge in [-0.25, -0.2) is 4.79 Å². The van der Waals surface area contributed by atoms with Crippen molar-refractivity contribution in [2.45, 2.75) is 64.6 Å². The highest BCUT2D eigenvalue weighted by Gasteiger charge is 2.33. The van der Waals surface area contributed by atoms with Crippen LogP contribution in [-0.4, -0.2) is 53.0 Å². The van der Waals surface area contributed by atoms with Crippen LogP contribution in [0.3, 0.4) is 0 Å². The van der Waals surface area contributed by atoms with Crippen molar-refractivity contribution in [2.24, 2.45) is 0 Å². The molecule has 5 heteroatoms. The smallest absolute Gasteiger partial charge is 0.317 e. The Bertz CT molecular complexity index is 357. The van der Waals surface area contributed by atoms with Crippen LogP contribution < -0.4 is 5.32 Å². The van der Waals surface area contributed by atoms with E-state index in [0.717, 1.165) is 19.4 Å². The molecule has 0 aliphatic carbocycles. The molecule has 2 aliphatic heterocycles. The van der Waals surface area contributed by atoms with Gasteiger partial charge in [0.05, 0.1) is 6.04 Å². The monoisotopic (exact) mass is 267 g/mol. The fourth-order valence-corrected chi connectivity index (χ4v) is 2.98. The third-order valence-corrected chi connectivity index (χ3v) is 4.17. The van der Waals surface area contributed by atoms with Crippen LogP contribution >= 0.6 is 0 Å². The Hall–Kier alpha value is -1.26. The second kappa shape index (κ2) is 5.80. The van der Waals surface area contributed by atoms with Crippen LogP contribution in [0.5, 0.6) is 0 Å². The van der Waals surface area contributed by atoms with Gasteiger partial charge >= 0.3 is 6.03 Å². The first-order valence-electron chi connectivity index (χ1n) is 7.35. The third kappa shape index (κ3) is 3.19. The zero-order valence-corrected chi connectivity index (χ0v) is 12.2. The zero-order chi connectivity index (χ0) is 14.0. The van der Waals surface area contributed by atoms with Crippen LogP contribution in [0.1, 0.15) is 46.5 Å². The Morgan fingerprint density at radius 3 is 2.68 bits per heavy atom. The Morgan fingerprint density at radius 2 is 2.11 bits per heavy atom. The van der Waals surface area contributed by atoms with E-state index in [2.05, 4.69) is 12.2 Å². The van der Waals surface area contributed by atoms with E-state index in [9.17, 15) is 9.59 Å². The second-order valence-corrected chi connectivity index (χ2v) is 6.03. The van der Waals surface area contributed by atoms with Gasteiger partial charge in [0.15, 0.2) is 0 Å². The van der Waals surface area contributed by atoms with E-state index in [1.807, 2.05) is 23.6 Å². The minimum Gasteiger partial charge on any atom is -0.338 e. The highest BCUT2D eigenvalue weighted by Crippen LogP contribution is 2.18. The quantitative estimate of drug-likeness (QED) is 0.826. The lowest BCUT2D eigenvalue weighted by atomic mass is 10.0. The lowest BCUT2D eigenvalue weighted by Crippen LogP contribution is -2.51. The lowest BCUT2D eigenvalue weighted by Gasteiger charge is -2.34. The zero-order valence-electron chi connectivity index (χ0n) is 12.2. The minimum absolute atomic E-state index is 0.00407. The molecular formula is C14H25N3O2. The van der Waals surface area contributed by atoms with E-state index in [0.29, 0.717) is 19.0 Å². The molecule has 0 aromatic carbocycles. The van der Waals surface area contributed by atoms with Crippen LogP contribution in [0.25, 0.3) is 0 Å².